The van der Waals surface area contributed by atoms with Gasteiger partial charge in [0, 0.05) is 44.4 Å². The van der Waals surface area contributed by atoms with Crippen LogP contribution in [-0.2, 0) is 13.0 Å². The van der Waals surface area contributed by atoms with Crippen LogP contribution in [0.4, 0.5) is 0 Å². The van der Waals surface area contributed by atoms with Crippen LogP contribution in [0.15, 0.2) is 122 Å². The molecule has 2 aliphatic heterocycles. The average molecular weight is 495 g/mol. The Balaban J connectivity index is 1.40. The van der Waals surface area contributed by atoms with Gasteiger partial charge in [-0.1, -0.05) is 54.6 Å². The highest BCUT2D eigenvalue weighted by Crippen LogP contribution is 2.43. The van der Waals surface area contributed by atoms with E-state index < -0.39 is 0 Å². The predicted molar refractivity (Wildman–Crippen MR) is 152 cm³/mol. The minimum atomic E-state index is 0.265. The topological polar surface area (TPSA) is 7.76 Å². The number of benzene rings is 3. The molecule has 3 aromatic heterocycles. The largest absolute Gasteiger partial charge is 0.214 e. The summed E-state index contributed by atoms with van der Waals surface area (Å²) in [6.45, 7) is 0.921. The number of allylic oxidation sites excluding steroid dienone is 2. The summed E-state index contributed by atoms with van der Waals surface area (Å²) in [6, 6.07) is 36.0. The van der Waals surface area contributed by atoms with E-state index in [0.29, 0.717) is 5.92 Å². The normalized spacial score (nSPS) is 17.9. The molecule has 2 aliphatic rings. The van der Waals surface area contributed by atoms with E-state index in [9.17, 15) is 0 Å². The number of thiophene rings is 1. The maximum atomic E-state index is 2.50. The number of pyridine rings is 2. The zero-order chi connectivity index (χ0) is 24.3. The Bertz CT molecular complexity index is 1860. The molecule has 0 spiro atoms. The molecular weight excluding hydrogens is 468 g/mol. The van der Waals surface area contributed by atoms with Crippen LogP contribution in [-0.4, -0.2) is 0 Å². The van der Waals surface area contributed by atoms with Crippen LogP contribution in [0.2, 0.25) is 0 Å². The first-order valence-corrected chi connectivity index (χ1v) is 13.9. The van der Waals surface area contributed by atoms with Crippen LogP contribution in [0.5, 0.6) is 0 Å². The van der Waals surface area contributed by atoms with Gasteiger partial charge in [0.15, 0.2) is 25.0 Å². The molecule has 2 unspecified atom stereocenters. The highest BCUT2D eigenvalue weighted by molar-refractivity contribution is 7.26. The quantitative estimate of drug-likeness (QED) is 0.153. The van der Waals surface area contributed by atoms with Crippen molar-refractivity contribution in [1.82, 2.24) is 0 Å². The number of nitrogens with zero attached hydrogens (tertiary/aromatic N) is 2. The molecule has 0 saturated heterocycles. The van der Waals surface area contributed by atoms with Crippen molar-refractivity contribution in [3.63, 3.8) is 0 Å². The van der Waals surface area contributed by atoms with Crippen molar-refractivity contribution in [2.45, 2.75) is 24.9 Å². The molecule has 3 heteroatoms. The lowest BCUT2D eigenvalue weighted by molar-refractivity contribution is -0.733. The second-order valence-corrected chi connectivity index (χ2v) is 11.2. The standard InChI is InChI=1S/C34H26N2S/c1-2-12-25-24(11-1)28-22-35-20-7-5-15-31(35)33-23(10-9-16-30(28)36-21-8-6-14-29(25)36)18-19-27-26-13-3-4-17-32(26)37-34(27)33/h1-9,11-21,28,30H,10,22H2/q+2. The number of hydrogen-bond donors (Lipinski definition) is 0. The molecule has 0 saturated carbocycles. The summed E-state index contributed by atoms with van der Waals surface area (Å²) in [7, 11) is 0. The molecule has 176 valence electrons. The van der Waals surface area contributed by atoms with Crippen molar-refractivity contribution in [3.8, 4) is 22.5 Å². The summed E-state index contributed by atoms with van der Waals surface area (Å²) >= 11 is 1.93. The van der Waals surface area contributed by atoms with Gasteiger partial charge in [0.05, 0.1) is 11.1 Å². The third-order valence-corrected chi connectivity index (χ3v) is 9.36. The summed E-state index contributed by atoms with van der Waals surface area (Å²) in [5.74, 6) is 0.335. The molecule has 8 rings (SSSR count). The molecule has 6 aromatic rings. The zero-order valence-electron chi connectivity index (χ0n) is 20.4. The molecule has 0 radical (unpaired) electrons. The number of rotatable bonds is 0. The van der Waals surface area contributed by atoms with Gasteiger partial charge in [0.1, 0.15) is 5.92 Å². The molecule has 37 heavy (non-hydrogen) atoms. The first kappa shape index (κ1) is 21.0. The SMILES string of the molecule is C1=CC2C(C[n+]3ccccc3-c3c(ccc4c3sc3ccccc34)C1)c1ccccc1-c1cccc[n+]12. The van der Waals surface area contributed by atoms with Crippen LogP contribution < -0.4 is 9.13 Å². The van der Waals surface area contributed by atoms with E-state index in [4.69, 9.17) is 0 Å². The Morgan fingerprint density at radius 3 is 2.49 bits per heavy atom. The van der Waals surface area contributed by atoms with E-state index in [-0.39, 0.29) is 6.04 Å². The van der Waals surface area contributed by atoms with Gasteiger partial charge in [-0.05, 0) is 47.9 Å². The Morgan fingerprint density at radius 2 is 1.51 bits per heavy atom. The summed E-state index contributed by atoms with van der Waals surface area (Å²) in [5.41, 5.74) is 8.17. The molecule has 5 heterocycles. The Labute approximate surface area is 220 Å². The van der Waals surface area contributed by atoms with Gasteiger partial charge in [-0.3, -0.25) is 0 Å². The van der Waals surface area contributed by atoms with E-state index in [2.05, 4.69) is 131 Å². The average Bonchev–Trinajstić information content (AvgIpc) is 3.33. The smallest absolute Gasteiger partial charge is 0.197 e. The Kier molecular flexibility index (Phi) is 4.68. The third kappa shape index (κ3) is 3.17. The van der Waals surface area contributed by atoms with Crippen LogP contribution in [0.25, 0.3) is 42.7 Å². The Morgan fingerprint density at radius 1 is 0.703 bits per heavy atom. The van der Waals surface area contributed by atoms with Gasteiger partial charge < -0.3 is 0 Å². The summed E-state index contributed by atoms with van der Waals surface area (Å²) in [4.78, 5) is 0. The molecule has 3 aromatic carbocycles. The lowest BCUT2D eigenvalue weighted by Gasteiger charge is -2.28. The lowest BCUT2D eigenvalue weighted by atomic mass is 9.82. The van der Waals surface area contributed by atoms with Gasteiger partial charge in [0.2, 0.25) is 11.4 Å². The van der Waals surface area contributed by atoms with Crippen molar-refractivity contribution in [1.29, 1.82) is 0 Å². The van der Waals surface area contributed by atoms with Gasteiger partial charge in [-0.15, -0.1) is 11.3 Å². The van der Waals surface area contributed by atoms with Crippen molar-refractivity contribution < 1.29 is 9.13 Å². The highest BCUT2D eigenvalue weighted by atomic mass is 32.1. The predicted octanol–water partition coefficient (Wildman–Crippen LogP) is 7.41. The van der Waals surface area contributed by atoms with Crippen molar-refractivity contribution in [2.24, 2.45) is 0 Å². The molecule has 0 fully saturated rings. The first-order valence-electron chi connectivity index (χ1n) is 13.0. The monoisotopic (exact) mass is 494 g/mol. The summed E-state index contributed by atoms with van der Waals surface area (Å²) < 4.78 is 7.73. The second kappa shape index (κ2) is 8.22. The number of aromatic nitrogens is 2. The minimum absolute atomic E-state index is 0.265. The van der Waals surface area contributed by atoms with Crippen molar-refractivity contribution in [2.75, 3.05) is 0 Å². The number of fused-ring (bicyclic) bond motifs is 13. The van der Waals surface area contributed by atoms with Crippen LogP contribution in [0, 0.1) is 0 Å². The van der Waals surface area contributed by atoms with Crippen LogP contribution >= 0.6 is 11.3 Å². The molecule has 2 atom stereocenters. The van der Waals surface area contributed by atoms with E-state index >= 15 is 0 Å². The fourth-order valence-electron chi connectivity index (χ4n) is 6.50. The van der Waals surface area contributed by atoms with Crippen LogP contribution in [0.3, 0.4) is 0 Å². The van der Waals surface area contributed by atoms with Crippen molar-refractivity contribution in [3.05, 3.63) is 133 Å². The van der Waals surface area contributed by atoms with Crippen LogP contribution in [0.1, 0.15) is 23.1 Å². The highest BCUT2D eigenvalue weighted by Gasteiger charge is 2.41. The summed E-state index contributed by atoms with van der Waals surface area (Å²) in [6.07, 6.45) is 10.3. The number of hydrogen-bond acceptors (Lipinski definition) is 1. The van der Waals surface area contributed by atoms with E-state index in [1.807, 2.05) is 11.3 Å². The molecule has 0 aliphatic carbocycles. The molecule has 2 nitrogen and oxygen atoms in total. The van der Waals surface area contributed by atoms with Gasteiger partial charge in [-0.25, -0.2) is 0 Å². The lowest BCUT2D eigenvalue weighted by Crippen LogP contribution is -2.51. The maximum absolute atomic E-state index is 2.50. The van der Waals surface area contributed by atoms with Crippen molar-refractivity contribution >= 4 is 31.5 Å². The molecule has 0 N–H and O–H groups in total. The van der Waals surface area contributed by atoms with Gasteiger partial charge in [0.25, 0.3) is 0 Å². The fraction of sp³-hybridized carbons (Fsp3) is 0.118. The molecule has 0 amide bonds. The van der Waals surface area contributed by atoms with Gasteiger partial charge >= 0.3 is 0 Å². The minimum Gasteiger partial charge on any atom is -0.197 e. The first-order chi connectivity index (χ1) is 18.4. The van der Waals surface area contributed by atoms with Gasteiger partial charge in [-0.2, -0.15) is 9.13 Å². The maximum Gasteiger partial charge on any atom is 0.214 e. The van der Waals surface area contributed by atoms with E-state index in [1.165, 1.54) is 53.8 Å². The zero-order valence-corrected chi connectivity index (χ0v) is 21.2. The van der Waals surface area contributed by atoms with E-state index in [1.54, 1.807) is 0 Å². The Hall–Kier alpha value is -4.08. The third-order valence-electron chi connectivity index (χ3n) is 8.15. The second-order valence-electron chi connectivity index (χ2n) is 10.1. The summed E-state index contributed by atoms with van der Waals surface area (Å²) in [5, 5.41) is 2.72. The fourth-order valence-corrected chi connectivity index (χ4v) is 7.78. The van der Waals surface area contributed by atoms with E-state index in [0.717, 1.165) is 13.0 Å². The molecule has 0 bridgehead atoms. The molecular formula is C34H26N2S+2.